The third kappa shape index (κ3) is 3.35. The van der Waals surface area contributed by atoms with Crippen molar-refractivity contribution in [2.45, 2.75) is 13.0 Å². The van der Waals surface area contributed by atoms with E-state index in [1.807, 2.05) is 6.92 Å². The lowest BCUT2D eigenvalue weighted by Crippen LogP contribution is -2.32. The van der Waals surface area contributed by atoms with Gasteiger partial charge in [-0.2, -0.15) is 0 Å². The number of nitrogens with one attached hydrogen (secondary N) is 1. The van der Waals surface area contributed by atoms with Crippen LogP contribution in [0.15, 0.2) is 18.2 Å². The van der Waals surface area contributed by atoms with Gasteiger partial charge in [0.1, 0.15) is 18.2 Å². The van der Waals surface area contributed by atoms with Crippen LogP contribution in [0, 0.1) is 5.82 Å². The molecular weight excluding hydrogens is 249 g/mol. The Bertz CT molecular complexity index is 465. The fourth-order valence-electron chi connectivity index (χ4n) is 2.00. The van der Waals surface area contributed by atoms with Crippen molar-refractivity contribution in [3.05, 3.63) is 29.6 Å². The van der Waals surface area contributed by atoms with Gasteiger partial charge >= 0.3 is 6.03 Å². The molecule has 0 bridgehead atoms. The van der Waals surface area contributed by atoms with Gasteiger partial charge in [0, 0.05) is 30.8 Å². The lowest BCUT2D eigenvalue weighted by Gasteiger charge is -2.17. The first-order chi connectivity index (χ1) is 9.08. The molecule has 1 aliphatic heterocycles. The SMILES string of the molecule is CC(N)c1ccc(F)cc1OCCN1CCNC1=O. The molecule has 0 radical (unpaired) electrons. The molecule has 1 saturated heterocycles. The maximum Gasteiger partial charge on any atom is 0.317 e. The number of carbonyl (C=O) groups excluding carboxylic acids is 1. The van der Waals surface area contributed by atoms with Crippen molar-refractivity contribution in [2.75, 3.05) is 26.2 Å². The van der Waals surface area contributed by atoms with Crippen molar-refractivity contribution in [2.24, 2.45) is 5.73 Å². The van der Waals surface area contributed by atoms with E-state index in [0.29, 0.717) is 32.0 Å². The van der Waals surface area contributed by atoms with Gasteiger partial charge in [0.05, 0.1) is 6.54 Å². The predicted octanol–water partition coefficient (Wildman–Crippen LogP) is 1.25. The molecule has 3 N–H and O–H groups in total. The van der Waals surface area contributed by atoms with Crippen LogP contribution in [0.2, 0.25) is 0 Å². The first-order valence-corrected chi connectivity index (χ1v) is 6.28. The van der Waals surface area contributed by atoms with Crippen LogP contribution in [0.1, 0.15) is 18.5 Å². The molecule has 0 saturated carbocycles. The van der Waals surface area contributed by atoms with Gasteiger partial charge in [0.15, 0.2) is 0 Å². The Morgan fingerprint density at radius 1 is 1.58 bits per heavy atom. The van der Waals surface area contributed by atoms with Crippen LogP contribution in [-0.2, 0) is 0 Å². The first-order valence-electron chi connectivity index (χ1n) is 6.28. The standard InChI is InChI=1S/C13H18FN3O2/c1-9(15)11-3-2-10(14)8-12(11)19-7-6-17-5-4-16-13(17)18/h2-3,8-9H,4-7,15H2,1H3,(H,16,18). The van der Waals surface area contributed by atoms with Crippen LogP contribution >= 0.6 is 0 Å². The lowest BCUT2D eigenvalue weighted by molar-refractivity contribution is 0.202. The summed E-state index contributed by atoms with van der Waals surface area (Å²) in [6.07, 6.45) is 0. The second kappa shape index (κ2) is 5.88. The van der Waals surface area contributed by atoms with Gasteiger partial charge in [-0.25, -0.2) is 9.18 Å². The van der Waals surface area contributed by atoms with E-state index in [0.717, 1.165) is 5.56 Å². The molecule has 5 nitrogen and oxygen atoms in total. The van der Waals surface area contributed by atoms with Crippen LogP contribution in [-0.4, -0.2) is 37.2 Å². The zero-order valence-electron chi connectivity index (χ0n) is 10.9. The highest BCUT2D eigenvalue weighted by molar-refractivity contribution is 5.76. The molecule has 1 aromatic rings. The van der Waals surface area contributed by atoms with E-state index in [2.05, 4.69) is 5.32 Å². The second-order valence-corrected chi connectivity index (χ2v) is 4.54. The van der Waals surface area contributed by atoms with Crippen molar-refractivity contribution < 1.29 is 13.9 Å². The first kappa shape index (κ1) is 13.6. The van der Waals surface area contributed by atoms with E-state index >= 15 is 0 Å². The molecule has 1 fully saturated rings. The Hall–Kier alpha value is -1.82. The quantitative estimate of drug-likeness (QED) is 0.843. The van der Waals surface area contributed by atoms with Gasteiger partial charge in [-0.1, -0.05) is 6.07 Å². The fraction of sp³-hybridized carbons (Fsp3) is 0.462. The Kier molecular flexibility index (Phi) is 4.21. The van der Waals surface area contributed by atoms with Crippen molar-refractivity contribution in [1.29, 1.82) is 0 Å². The normalized spacial score (nSPS) is 16.4. The topological polar surface area (TPSA) is 67.6 Å². The summed E-state index contributed by atoms with van der Waals surface area (Å²) in [5, 5.41) is 2.71. The van der Waals surface area contributed by atoms with Gasteiger partial charge in [-0.3, -0.25) is 0 Å². The number of ether oxygens (including phenoxy) is 1. The van der Waals surface area contributed by atoms with Crippen molar-refractivity contribution in [3.8, 4) is 5.75 Å². The molecule has 1 aromatic carbocycles. The molecule has 104 valence electrons. The summed E-state index contributed by atoms with van der Waals surface area (Å²) in [7, 11) is 0. The third-order valence-corrected chi connectivity index (χ3v) is 3.03. The Balaban J connectivity index is 1.95. The number of urea groups is 1. The summed E-state index contributed by atoms with van der Waals surface area (Å²) in [6, 6.07) is 3.99. The van der Waals surface area contributed by atoms with E-state index in [9.17, 15) is 9.18 Å². The Labute approximate surface area is 111 Å². The molecule has 6 heteroatoms. The highest BCUT2D eigenvalue weighted by Gasteiger charge is 2.19. The molecule has 2 rings (SSSR count). The van der Waals surface area contributed by atoms with E-state index in [1.54, 1.807) is 11.0 Å². The molecule has 1 heterocycles. The highest BCUT2D eigenvalue weighted by atomic mass is 19.1. The van der Waals surface area contributed by atoms with E-state index in [4.69, 9.17) is 10.5 Å². The molecule has 0 spiro atoms. The van der Waals surface area contributed by atoms with Crippen LogP contribution in [0.3, 0.4) is 0 Å². The van der Waals surface area contributed by atoms with Crippen LogP contribution in [0.4, 0.5) is 9.18 Å². The van der Waals surface area contributed by atoms with Gasteiger partial charge in [0.2, 0.25) is 0 Å². The maximum atomic E-state index is 13.2. The van der Waals surface area contributed by atoms with Crippen LogP contribution in [0.25, 0.3) is 0 Å². The maximum absolute atomic E-state index is 13.2. The monoisotopic (exact) mass is 267 g/mol. The molecule has 19 heavy (non-hydrogen) atoms. The number of benzene rings is 1. The summed E-state index contributed by atoms with van der Waals surface area (Å²) in [4.78, 5) is 13.0. The second-order valence-electron chi connectivity index (χ2n) is 4.54. The lowest BCUT2D eigenvalue weighted by atomic mass is 10.1. The summed E-state index contributed by atoms with van der Waals surface area (Å²) in [5.74, 6) is 0.0768. The molecule has 2 amide bonds. The predicted molar refractivity (Wildman–Crippen MR) is 69.5 cm³/mol. The summed E-state index contributed by atoms with van der Waals surface area (Å²) in [6.45, 7) is 3.93. The molecule has 1 aliphatic rings. The van der Waals surface area contributed by atoms with Crippen molar-refractivity contribution >= 4 is 6.03 Å². The van der Waals surface area contributed by atoms with Gasteiger partial charge in [-0.15, -0.1) is 0 Å². The molecular formula is C13H18FN3O2. The van der Waals surface area contributed by atoms with E-state index in [-0.39, 0.29) is 17.9 Å². The average molecular weight is 267 g/mol. The molecule has 1 atom stereocenters. The number of hydrogen-bond acceptors (Lipinski definition) is 3. The summed E-state index contributed by atoms with van der Waals surface area (Å²) < 4.78 is 18.8. The Morgan fingerprint density at radius 2 is 2.37 bits per heavy atom. The minimum absolute atomic E-state index is 0.0877. The molecule has 0 aliphatic carbocycles. The van der Waals surface area contributed by atoms with Gasteiger partial charge < -0.3 is 20.7 Å². The largest absolute Gasteiger partial charge is 0.491 e. The average Bonchev–Trinajstić information content (AvgIpc) is 2.75. The number of rotatable bonds is 5. The van der Waals surface area contributed by atoms with Crippen molar-refractivity contribution in [3.63, 3.8) is 0 Å². The van der Waals surface area contributed by atoms with Crippen LogP contribution < -0.4 is 15.8 Å². The van der Waals surface area contributed by atoms with E-state index in [1.165, 1.54) is 12.1 Å². The van der Waals surface area contributed by atoms with Gasteiger partial charge in [-0.05, 0) is 13.0 Å². The van der Waals surface area contributed by atoms with Gasteiger partial charge in [0.25, 0.3) is 0 Å². The summed E-state index contributed by atoms with van der Waals surface area (Å²) in [5.41, 5.74) is 6.56. The number of nitrogens with two attached hydrogens (primary N) is 1. The third-order valence-electron chi connectivity index (χ3n) is 3.03. The zero-order chi connectivity index (χ0) is 13.8. The zero-order valence-corrected chi connectivity index (χ0v) is 10.9. The van der Waals surface area contributed by atoms with Crippen molar-refractivity contribution in [1.82, 2.24) is 10.2 Å². The summed E-state index contributed by atoms with van der Waals surface area (Å²) >= 11 is 0. The smallest absolute Gasteiger partial charge is 0.317 e. The fourth-order valence-corrected chi connectivity index (χ4v) is 2.00. The number of nitrogens with zero attached hydrogens (tertiary/aromatic N) is 1. The molecule has 1 unspecified atom stereocenters. The molecule has 0 aromatic heterocycles. The van der Waals surface area contributed by atoms with E-state index < -0.39 is 0 Å². The number of amides is 2. The van der Waals surface area contributed by atoms with Crippen LogP contribution in [0.5, 0.6) is 5.75 Å². The minimum Gasteiger partial charge on any atom is -0.491 e. The number of carbonyl (C=O) groups is 1. The Morgan fingerprint density at radius 3 is 3.00 bits per heavy atom. The minimum atomic E-state index is -0.363. The number of hydrogen-bond donors (Lipinski definition) is 2. The highest BCUT2D eigenvalue weighted by Crippen LogP contribution is 2.24. The number of halogens is 1.